The van der Waals surface area contributed by atoms with Gasteiger partial charge in [0.05, 0.1) is 11.7 Å². The van der Waals surface area contributed by atoms with E-state index in [1.807, 2.05) is 6.92 Å². The summed E-state index contributed by atoms with van der Waals surface area (Å²) in [7, 11) is 0. The lowest BCUT2D eigenvalue weighted by molar-refractivity contribution is -0.148. The molecule has 4 heterocycles. The number of aliphatic carboxylic acids is 3. The maximum atomic E-state index is 14.5. The molecule has 3 saturated heterocycles. The molecule has 2 aromatic rings. The molecule has 0 aromatic heterocycles. The van der Waals surface area contributed by atoms with Crippen LogP contribution in [-0.2, 0) is 62.3 Å². The van der Waals surface area contributed by atoms with Gasteiger partial charge in [0.15, 0.2) is 10.5 Å². The van der Waals surface area contributed by atoms with E-state index in [4.69, 9.17) is 27.5 Å². The summed E-state index contributed by atoms with van der Waals surface area (Å²) in [6.45, 7) is 4.19. The van der Waals surface area contributed by atoms with E-state index in [0.29, 0.717) is 54.3 Å². The van der Waals surface area contributed by atoms with Crippen molar-refractivity contribution in [3.63, 3.8) is 0 Å². The molecular formula is C69H89N13O22S. The lowest BCUT2D eigenvalue weighted by Gasteiger charge is -2.32. The van der Waals surface area contributed by atoms with Gasteiger partial charge in [0, 0.05) is 92.7 Å². The fourth-order valence-corrected chi connectivity index (χ4v) is 13.0. The highest BCUT2D eigenvalue weighted by molar-refractivity contribution is 7.80. The Bertz CT molecular complexity index is 3980. The molecule has 105 heavy (non-hydrogen) atoms. The van der Waals surface area contributed by atoms with Crippen molar-refractivity contribution in [2.75, 3.05) is 44.6 Å². The van der Waals surface area contributed by atoms with Crippen LogP contribution >= 0.6 is 12.2 Å². The molecule has 36 heteroatoms. The van der Waals surface area contributed by atoms with Crippen LogP contribution in [0.4, 0.5) is 5.69 Å². The van der Waals surface area contributed by atoms with Crippen LogP contribution in [0.15, 0.2) is 63.8 Å². The summed E-state index contributed by atoms with van der Waals surface area (Å²) in [5.74, 6) is -13.7. The molecule has 9 atom stereocenters. The monoisotopic (exact) mass is 1480 g/mol. The SMILES string of the molecule is CCCCNN(CC(=O)N1CCC[C@@H]1C(=O)N[C@H](CCC(=O)O)C(=O)N[C@H](CCC(=O)O)C(N)=O)C(=O)[C@@H](C)NC(=O)[C@H](NC(=O)[C@H]1CCCN1C(=O)[C@@H](CCC(=O)O)NC(=O)[C@H]1CCCN1C(=O)CCCCNC(=S)Nc1ccc(C(=O)O)c(-c2c3ccc(=O)cc-3oc3cc(O)ccc23)c1)[C@H](C)O. The zero-order chi connectivity index (χ0) is 76.9. The number of aliphatic hydroxyl groups is 1. The number of aromatic carboxylic acids is 1. The molecule has 16 N–H and O–H groups in total. The standard InChI is InChI=1S/C69H89N13O22S/c1-4-5-28-72-82(35-54(87)80-30-9-12-49(80)62(96)76-46(22-25-56(90)91)61(95)75-45(60(70)94)21-24-55(88)89)66(100)36(2)73-65(99)59(37(3)83)78-64(98)50-13-10-31-81(50)67(101)47(23-26-57(92)93)77-63(97)48-11-8-29-79(48)53(86)14-6-7-27-71-69(105)74-38-15-18-41(68(102)103)44(32-38)58-42-19-16-39(84)33-51(42)104-52-34-40(85)17-20-43(52)58/h15-20,32-34,36-37,45-50,59,72,83-84H,4-14,21-31,35H2,1-3H3,(H2,70,94)(H,73,99)(H,75,95)(H,76,96)(H,77,97)(H,78,98)(H,88,89)(H,90,91)(H,92,93)(H,102,103)(H2,71,74,105)/t36-,37+,45-,46-,47-,48-,49-,50-,59-/m1/s1. The van der Waals surface area contributed by atoms with E-state index in [0.717, 1.165) is 14.8 Å². The van der Waals surface area contributed by atoms with E-state index in [2.05, 4.69) is 42.6 Å². The van der Waals surface area contributed by atoms with Gasteiger partial charge in [-0.3, -0.25) is 72.1 Å². The average molecular weight is 1480 g/mol. The number of phenols is 1. The summed E-state index contributed by atoms with van der Waals surface area (Å²) >= 11 is 5.57. The summed E-state index contributed by atoms with van der Waals surface area (Å²) in [5.41, 5.74) is 9.55. The van der Waals surface area contributed by atoms with E-state index >= 15 is 0 Å². The molecule has 568 valence electrons. The fourth-order valence-electron chi connectivity index (χ4n) is 12.8. The molecule has 0 spiro atoms. The van der Waals surface area contributed by atoms with Crippen molar-refractivity contribution < 1.29 is 102 Å². The second kappa shape index (κ2) is 38.0. The molecule has 0 saturated carbocycles. The normalized spacial score (nSPS) is 17.3. The number of unbranched alkanes of at least 4 members (excludes halogenated alkanes) is 2. The van der Waals surface area contributed by atoms with Gasteiger partial charge < -0.3 is 92.7 Å². The quantitative estimate of drug-likeness (QED) is 0.0126. The molecule has 0 radical (unpaired) electrons. The third-order valence-corrected chi connectivity index (χ3v) is 18.4. The number of carbonyl (C=O) groups is 14. The van der Waals surface area contributed by atoms with Crippen LogP contribution in [0.5, 0.6) is 5.75 Å². The average Bonchev–Trinajstić information content (AvgIpc) is 0.989. The van der Waals surface area contributed by atoms with Crippen molar-refractivity contribution in [3.8, 4) is 28.2 Å². The first-order valence-electron chi connectivity index (χ1n) is 34.6. The number of carbonyl (C=O) groups excluding carboxylic acids is 10. The number of phenolic OH excluding ortho intramolecular Hbond substituents is 1. The van der Waals surface area contributed by atoms with E-state index < -0.39 is 177 Å². The molecule has 0 bridgehead atoms. The molecule has 0 unspecified atom stereocenters. The zero-order valence-corrected chi connectivity index (χ0v) is 59.0. The van der Waals surface area contributed by atoms with E-state index in [1.165, 1.54) is 61.2 Å². The first-order valence-corrected chi connectivity index (χ1v) is 35.0. The summed E-state index contributed by atoms with van der Waals surface area (Å²) in [5, 5.41) is 79.5. The Balaban J connectivity index is 0.922. The van der Waals surface area contributed by atoms with Gasteiger partial charge in [0.1, 0.15) is 72.0 Å². The number of nitrogens with two attached hydrogens (primary N) is 1. The number of primary amides is 1. The Hall–Kier alpha value is -10.9. The Kier molecular flexibility index (Phi) is 29.5. The fraction of sp³-hybridized carbons (Fsp3) is 0.507. The van der Waals surface area contributed by atoms with Crippen molar-refractivity contribution in [2.24, 2.45) is 5.73 Å². The summed E-state index contributed by atoms with van der Waals surface area (Å²) in [4.78, 5) is 201. The largest absolute Gasteiger partial charge is 0.508 e. The zero-order valence-electron chi connectivity index (χ0n) is 58.1. The number of aliphatic hydroxyl groups excluding tert-OH is 1. The number of hydrogen-bond acceptors (Lipinski definition) is 20. The molecule has 2 aromatic carbocycles. The minimum Gasteiger partial charge on any atom is -0.508 e. The summed E-state index contributed by atoms with van der Waals surface area (Å²) in [6.07, 6.45) is -1.50. The molecule has 3 fully saturated rings. The number of carboxylic acids is 4. The maximum absolute atomic E-state index is 14.5. The number of hydrazine groups is 1. The van der Waals surface area contributed by atoms with Gasteiger partial charge in [0.25, 0.3) is 5.91 Å². The summed E-state index contributed by atoms with van der Waals surface area (Å²) in [6, 6.07) is 1.62. The van der Waals surface area contributed by atoms with Crippen molar-refractivity contribution in [2.45, 2.75) is 184 Å². The lowest BCUT2D eigenvalue weighted by Crippen LogP contribution is -2.61. The predicted molar refractivity (Wildman–Crippen MR) is 377 cm³/mol. The second-order valence-corrected chi connectivity index (χ2v) is 26.3. The van der Waals surface area contributed by atoms with Gasteiger partial charge in [0.2, 0.25) is 53.2 Å². The third-order valence-electron chi connectivity index (χ3n) is 18.2. The number of amides is 10. The Labute approximate surface area is 607 Å². The first-order chi connectivity index (χ1) is 49.9. The Morgan fingerprint density at radius 3 is 1.81 bits per heavy atom. The molecular weight excluding hydrogens is 1390 g/mol. The number of fused-ring (bicyclic) bond motifs is 2. The van der Waals surface area contributed by atoms with Crippen molar-refractivity contribution >= 4 is 117 Å². The highest BCUT2D eigenvalue weighted by atomic mass is 32.1. The molecule has 1 aliphatic carbocycles. The number of thiocarbonyl (C=S) groups is 1. The minimum absolute atomic E-state index is 0.00249. The first kappa shape index (κ1) is 81.4. The number of hydrogen-bond donors (Lipinski definition) is 15. The van der Waals surface area contributed by atoms with Gasteiger partial charge in [-0.15, -0.1) is 0 Å². The second-order valence-electron chi connectivity index (χ2n) is 25.9. The number of nitrogens with one attached hydrogen (secondary N) is 8. The summed E-state index contributed by atoms with van der Waals surface area (Å²) < 4.78 is 5.94. The highest BCUT2D eigenvalue weighted by Crippen LogP contribution is 2.43. The van der Waals surface area contributed by atoms with Crippen LogP contribution in [0.3, 0.4) is 0 Å². The molecule has 7 rings (SSSR count). The van der Waals surface area contributed by atoms with E-state index in [9.17, 15) is 97.5 Å². The van der Waals surface area contributed by atoms with Crippen molar-refractivity contribution in [3.05, 3.63) is 70.4 Å². The lowest BCUT2D eigenvalue weighted by atomic mass is 9.90. The van der Waals surface area contributed by atoms with E-state index in [-0.39, 0.29) is 116 Å². The van der Waals surface area contributed by atoms with Crippen molar-refractivity contribution in [1.29, 1.82) is 0 Å². The number of carboxylic acid groups (broad SMARTS) is 4. The Morgan fingerprint density at radius 1 is 0.629 bits per heavy atom. The van der Waals surface area contributed by atoms with Crippen LogP contribution in [0.25, 0.3) is 33.4 Å². The predicted octanol–water partition coefficient (Wildman–Crippen LogP) is 0.436. The maximum Gasteiger partial charge on any atom is 0.336 e. The Morgan fingerprint density at radius 2 is 1.21 bits per heavy atom. The van der Waals surface area contributed by atoms with Crippen LogP contribution in [0, 0.1) is 0 Å². The van der Waals surface area contributed by atoms with Gasteiger partial charge in [-0.25, -0.2) is 10.2 Å². The smallest absolute Gasteiger partial charge is 0.336 e. The van der Waals surface area contributed by atoms with Gasteiger partial charge >= 0.3 is 23.9 Å². The number of benzene rings is 3. The molecule has 5 aliphatic rings. The van der Waals surface area contributed by atoms with Crippen LogP contribution in [0.2, 0.25) is 0 Å². The number of rotatable bonds is 37. The number of nitrogens with zero attached hydrogens (tertiary/aromatic N) is 4. The number of aromatic hydroxyl groups is 1. The van der Waals surface area contributed by atoms with Crippen molar-refractivity contribution in [1.82, 2.24) is 57.0 Å². The molecule has 4 aliphatic heterocycles. The van der Waals surface area contributed by atoms with Crippen LogP contribution in [0.1, 0.15) is 140 Å². The van der Waals surface area contributed by atoms with Crippen LogP contribution in [-0.4, -0.2) is 232 Å². The number of likely N-dealkylation sites (tertiary alicyclic amines) is 3. The topological polar surface area (TPSA) is 526 Å². The molecule has 35 nitrogen and oxygen atoms in total. The number of anilines is 1. The third kappa shape index (κ3) is 22.3. The van der Waals surface area contributed by atoms with Gasteiger partial charge in [-0.05, 0) is 151 Å². The minimum atomic E-state index is -1.76. The molecule has 10 amide bonds. The van der Waals surface area contributed by atoms with Crippen LogP contribution < -0.4 is 53.8 Å². The highest BCUT2D eigenvalue weighted by Gasteiger charge is 2.43. The van der Waals surface area contributed by atoms with E-state index in [1.54, 1.807) is 12.1 Å². The van der Waals surface area contributed by atoms with Gasteiger partial charge in [-0.2, -0.15) is 0 Å². The van der Waals surface area contributed by atoms with Gasteiger partial charge in [-0.1, -0.05) is 13.3 Å².